The van der Waals surface area contributed by atoms with Crippen LogP contribution < -0.4 is 11.1 Å². The molecule has 0 saturated heterocycles. The Morgan fingerprint density at radius 2 is 1.86 bits per heavy atom. The topological polar surface area (TPSA) is 76.6 Å². The van der Waals surface area contributed by atoms with Crippen molar-refractivity contribution < 1.29 is 9.59 Å². The Balaban J connectivity index is 1.83. The highest BCUT2D eigenvalue weighted by Gasteiger charge is 2.26. The van der Waals surface area contributed by atoms with Gasteiger partial charge in [0.15, 0.2) is 0 Å². The molecule has 0 bridgehead atoms. The molecule has 3 aromatic heterocycles. The number of amides is 1. The number of nitrogens with one attached hydrogen (secondary N) is 1. The number of carbonyl (C=O) groups is 2. The van der Waals surface area contributed by atoms with Crippen molar-refractivity contribution in [2.45, 2.75) is 13.3 Å². The minimum atomic E-state index is -0.327. The number of thiophene rings is 1. The largest absolute Gasteiger partial charge is 0.396 e. The molecule has 0 saturated carbocycles. The van der Waals surface area contributed by atoms with Gasteiger partial charge in [0.2, 0.25) is 5.78 Å². The van der Waals surface area contributed by atoms with E-state index >= 15 is 0 Å². The van der Waals surface area contributed by atoms with Crippen LogP contribution in [0.2, 0.25) is 0 Å². The number of hydrogen-bond donors (Lipinski definition) is 2. The molecular weight excluding hydrogens is 370 g/mol. The highest BCUT2D eigenvalue weighted by atomic mass is 32.1. The standard InChI is InChI=1S/C22H19N3O2S/c1-2-14-8-3-4-9-15(14)24-22(27)18-16-10-5-6-12-25(16)20(19(18)23)21(26)17-11-7-13-28-17/h3-13H,2,23H2,1H3,(H,24,27). The van der Waals surface area contributed by atoms with Gasteiger partial charge < -0.3 is 15.5 Å². The maximum atomic E-state index is 13.1. The molecule has 3 N–H and O–H groups in total. The Labute approximate surface area is 166 Å². The van der Waals surface area contributed by atoms with E-state index in [1.807, 2.05) is 54.8 Å². The first-order valence-corrected chi connectivity index (χ1v) is 9.85. The van der Waals surface area contributed by atoms with Gasteiger partial charge in [0.1, 0.15) is 5.69 Å². The van der Waals surface area contributed by atoms with E-state index in [9.17, 15) is 9.59 Å². The van der Waals surface area contributed by atoms with Crippen molar-refractivity contribution in [3.05, 3.63) is 87.9 Å². The quantitative estimate of drug-likeness (QED) is 0.489. The fraction of sp³-hybridized carbons (Fsp3) is 0.0909. The number of fused-ring (bicyclic) bond motifs is 1. The molecule has 0 unspecified atom stereocenters. The SMILES string of the molecule is CCc1ccccc1NC(=O)c1c(N)c(C(=O)c2cccs2)n2ccccc12. The lowest BCUT2D eigenvalue weighted by Crippen LogP contribution is -2.15. The second kappa shape index (κ2) is 7.32. The van der Waals surface area contributed by atoms with Gasteiger partial charge in [-0.1, -0.05) is 37.3 Å². The summed E-state index contributed by atoms with van der Waals surface area (Å²) in [6.45, 7) is 2.03. The highest BCUT2D eigenvalue weighted by Crippen LogP contribution is 2.30. The molecule has 3 heterocycles. The van der Waals surface area contributed by atoms with E-state index in [0.29, 0.717) is 21.7 Å². The average Bonchev–Trinajstić information content (AvgIpc) is 3.34. The van der Waals surface area contributed by atoms with E-state index in [4.69, 9.17) is 5.73 Å². The van der Waals surface area contributed by atoms with Crippen LogP contribution in [-0.4, -0.2) is 16.1 Å². The van der Waals surface area contributed by atoms with Crippen molar-refractivity contribution >= 4 is 39.9 Å². The molecule has 4 rings (SSSR count). The summed E-state index contributed by atoms with van der Waals surface area (Å²) in [6, 6.07) is 16.7. The van der Waals surface area contributed by atoms with E-state index in [1.165, 1.54) is 11.3 Å². The summed E-state index contributed by atoms with van der Waals surface area (Å²) in [6.07, 6.45) is 2.55. The fourth-order valence-corrected chi connectivity index (χ4v) is 4.02. The number of benzene rings is 1. The number of ketones is 1. The number of nitrogens with zero attached hydrogens (tertiary/aromatic N) is 1. The molecule has 1 amide bonds. The van der Waals surface area contributed by atoms with Crippen molar-refractivity contribution in [2.75, 3.05) is 11.1 Å². The second-order valence-corrected chi connectivity index (χ2v) is 7.31. The van der Waals surface area contributed by atoms with Crippen molar-refractivity contribution in [3.63, 3.8) is 0 Å². The lowest BCUT2D eigenvalue weighted by molar-refractivity contribution is 0.102. The van der Waals surface area contributed by atoms with E-state index in [2.05, 4.69) is 5.32 Å². The number of aryl methyl sites for hydroxylation is 1. The monoisotopic (exact) mass is 389 g/mol. The van der Waals surface area contributed by atoms with Crippen LogP contribution in [0.3, 0.4) is 0 Å². The first-order chi connectivity index (χ1) is 13.6. The third kappa shape index (κ3) is 2.97. The number of carbonyl (C=O) groups excluding carboxylic acids is 2. The summed E-state index contributed by atoms with van der Waals surface area (Å²) in [5.41, 5.74) is 9.55. The number of hydrogen-bond acceptors (Lipinski definition) is 4. The van der Waals surface area contributed by atoms with Crippen LogP contribution in [0.5, 0.6) is 0 Å². The molecule has 0 atom stereocenters. The molecule has 0 aliphatic heterocycles. The maximum absolute atomic E-state index is 13.1. The zero-order valence-electron chi connectivity index (χ0n) is 15.3. The van der Waals surface area contributed by atoms with Crippen molar-refractivity contribution in [3.8, 4) is 0 Å². The molecule has 0 aliphatic rings. The highest BCUT2D eigenvalue weighted by molar-refractivity contribution is 7.12. The Hall–Kier alpha value is -3.38. The fourth-order valence-electron chi connectivity index (χ4n) is 3.36. The molecule has 4 aromatic rings. The predicted octanol–water partition coefficient (Wildman–Crippen LogP) is 4.63. The minimum absolute atomic E-state index is 0.191. The van der Waals surface area contributed by atoms with Crippen LogP contribution >= 0.6 is 11.3 Å². The molecule has 1 aromatic carbocycles. The second-order valence-electron chi connectivity index (χ2n) is 6.36. The zero-order chi connectivity index (χ0) is 19.7. The number of pyridine rings is 1. The molecule has 0 aliphatic carbocycles. The summed E-state index contributed by atoms with van der Waals surface area (Å²) in [7, 11) is 0. The summed E-state index contributed by atoms with van der Waals surface area (Å²) in [5.74, 6) is -0.519. The molecule has 0 fully saturated rings. The number of rotatable bonds is 5. The van der Waals surface area contributed by atoms with Gasteiger partial charge >= 0.3 is 0 Å². The zero-order valence-corrected chi connectivity index (χ0v) is 16.1. The molecule has 140 valence electrons. The van der Waals surface area contributed by atoms with Gasteiger partial charge in [-0.3, -0.25) is 9.59 Å². The van der Waals surface area contributed by atoms with Crippen LogP contribution in [0.4, 0.5) is 11.4 Å². The molecule has 28 heavy (non-hydrogen) atoms. The van der Waals surface area contributed by atoms with Gasteiger partial charge in [-0.15, -0.1) is 11.3 Å². The smallest absolute Gasteiger partial charge is 0.259 e. The maximum Gasteiger partial charge on any atom is 0.259 e. The molecular formula is C22H19N3O2S. The number of nitrogens with two attached hydrogens (primary N) is 1. The number of aromatic nitrogens is 1. The van der Waals surface area contributed by atoms with Gasteiger partial charge in [-0.25, -0.2) is 0 Å². The summed E-state index contributed by atoms with van der Waals surface area (Å²) in [4.78, 5) is 26.7. The summed E-state index contributed by atoms with van der Waals surface area (Å²) in [5, 5.41) is 4.80. The normalized spacial score (nSPS) is 10.9. The average molecular weight is 389 g/mol. The molecule has 5 nitrogen and oxygen atoms in total. The van der Waals surface area contributed by atoms with Gasteiger partial charge in [0.25, 0.3) is 5.91 Å². The van der Waals surface area contributed by atoms with E-state index < -0.39 is 0 Å². The van der Waals surface area contributed by atoms with Gasteiger partial charge in [0.05, 0.1) is 21.6 Å². The first-order valence-electron chi connectivity index (χ1n) is 8.97. The molecule has 6 heteroatoms. The van der Waals surface area contributed by atoms with Crippen LogP contribution in [0, 0.1) is 0 Å². The Morgan fingerprint density at radius 1 is 1.07 bits per heavy atom. The lowest BCUT2D eigenvalue weighted by Gasteiger charge is -2.09. The number of para-hydroxylation sites is 1. The van der Waals surface area contributed by atoms with Crippen molar-refractivity contribution in [2.24, 2.45) is 0 Å². The third-order valence-electron chi connectivity index (χ3n) is 4.71. The first kappa shape index (κ1) is 18.0. The number of anilines is 2. The van der Waals surface area contributed by atoms with Gasteiger partial charge in [0, 0.05) is 11.9 Å². The Kier molecular flexibility index (Phi) is 4.71. The Bertz CT molecular complexity index is 1180. The summed E-state index contributed by atoms with van der Waals surface area (Å²) < 4.78 is 1.69. The predicted molar refractivity (Wildman–Crippen MR) is 113 cm³/mol. The minimum Gasteiger partial charge on any atom is -0.396 e. The van der Waals surface area contributed by atoms with Crippen LogP contribution in [0.15, 0.2) is 66.2 Å². The third-order valence-corrected chi connectivity index (χ3v) is 5.58. The van der Waals surface area contributed by atoms with Gasteiger partial charge in [-0.05, 0) is 41.6 Å². The van der Waals surface area contributed by atoms with Crippen LogP contribution in [0.1, 0.15) is 38.2 Å². The van der Waals surface area contributed by atoms with Crippen molar-refractivity contribution in [1.29, 1.82) is 0 Å². The lowest BCUT2D eigenvalue weighted by atomic mass is 10.1. The number of nitrogen functional groups attached to an aromatic ring is 1. The van der Waals surface area contributed by atoms with E-state index in [-0.39, 0.29) is 17.4 Å². The molecule has 0 spiro atoms. The van der Waals surface area contributed by atoms with Crippen LogP contribution in [0.25, 0.3) is 5.52 Å². The molecule has 0 radical (unpaired) electrons. The Morgan fingerprint density at radius 3 is 2.61 bits per heavy atom. The van der Waals surface area contributed by atoms with Crippen molar-refractivity contribution in [1.82, 2.24) is 4.40 Å². The summed E-state index contributed by atoms with van der Waals surface area (Å²) >= 11 is 1.35. The van der Waals surface area contributed by atoms with E-state index in [0.717, 1.165) is 17.7 Å². The van der Waals surface area contributed by atoms with Crippen LogP contribution in [-0.2, 0) is 6.42 Å². The van der Waals surface area contributed by atoms with Gasteiger partial charge in [-0.2, -0.15) is 0 Å². The van der Waals surface area contributed by atoms with E-state index in [1.54, 1.807) is 22.7 Å².